The Balaban J connectivity index is 1.26. The number of benzene rings is 1. The molecule has 0 aromatic heterocycles. The quantitative estimate of drug-likeness (QED) is 0.846. The van der Waals surface area contributed by atoms with Crippen LogP contribution in [0.25, 0.3) is 0 Å². The van der Waals surface area contributed by atoms with Crippen molar-refractivity contribution in [2.75, 3.05) is 32.8 Å². The van der Waals surface area contributed by atoms with Crippen LogP contribution in [0.15, 0.2) is 24.3 Å². The molecule has 3 heterocycles. The molecule has 3 aliphatic rings. The number of piperidine rings is 2. The summed E-state index contributed by atoms with van der Waals surface area (Å²) in [5, 5.41) is 3.05. The second-order valence-electron chi connectivity index (χ2n) is 9.04. The van der Waals surface area contributed by atoms with E-state index in [1.807, 2.05) is 9.80 Å². The van der Waals surface area contributed by atoms with Gasteiger partial charge in [-0.2, -0.15) is 0 Å². The Morgan fingerprint density at radius 2 is 1.97 bits per heavy atom. The maximum Gasteiger partial charge on any atom is 0.317 e. The lowest BCUT2D eigenvalue weighted by Crippen LogP contribution is -2.54. The van der Waals surface area contributed by atoms with Crippen molar-refractivity contribution < 1.29 is 14.3 Å². The van der Waals surface area contributed by atoms with Gasteiger partial charge in [0.1, 0.15) is 0 Å². The smallest absolute Gasteiger partial charge is 0.317 e. The molecule has 6 nitrogen and oxygen atoms in total. The van der Waals surface area contributed by atoms with Crippen LogP contribution < -0.4 is 5.32 Å². The van der Waals surface area contributed by atoms with Gasteiger partial charge in [-0.1, -0.05) is 29.8 Å². The van der Waals surface area contributed by atoms with Crippen molar-refractivity contribution in [3.05, 3.63) is 35.4 Å². The van der Waals surface area contributed by atoms with Crippen LogP contribution in [-0.2, 0) is 16.1 Å². The molecule has 29 heavy (non-hydrogen) atoms. The van der Waals surface area contributed by atoms with E-state index in [1.165, 1.54) is 5.56 Å². The number of nitrogens with zero attached hydrogens (tertiary/aromatic N) is 2. The van der Waals surface area contributed by atoms with Crippen LogP contribution >= 0.6 is 0 Å². The fraction of sp³-hybridized carbons (Fsp3) is 0.652. The number of nitrogens with one attached hydrogen (secondary N) is 1. The minimum atomic E-state index is 0.0172. The summed E-state index contributed by atoms with van der Waals surface area (Å²) in [4.78, 5) is 29.0. The van der Waals surface area contributed by atoms with Gasteiger partial charge in [-0.3, -0.25) is 4.79 Å². The summed E-state index contributed by atoms with van der Waals surface area (Å²) in [7, 11) is 0. The molecule has 1 spiro atoms. The van der Waals surface area contributed by atoms with Crippen LogP contribution in [0.1, 0.15) is 49.7 Å². The number of ether oxygens (including phenoxy) is 1. The van der Waals surface area contributed by atoms with E-state index in [-0.39, 0.29) is 23.5 Å². The Labute approximate surface area is 173 Å². The molecule has 0 saturated carbocycles. The number of carbonyl (C=O) groups excluding carboxylic acids is 2. The molecule has 3 amide bonds. The second-order valence-corrected chi connectivity index (χ2v) is 9.04. The summed E-state index contributed by atoms with van der Waals surface area (Å²) in [5.74, 6) is 0.268. The van der Waals surface area contributed by atoms with Gasteiger partial charge in [-0.15, -0.1) is 0 Å². The number of hydrogen-bond acceptors (Lipinski definition) is 3. The highest BCUT2D eigenvalue weighted by atomic mass is 16.5. The van der Waals surface area contributed by atoms with Gasteiger partial charge in [0.2, 0.25) is 5.91 Å². The van der Waals surface area contributed by atoms with Crippen molar-refractivity contribution in [2.24, 2.45) is 5.41 Å². The van der Waals surface area contributed by atoms with E-state index in [0.29, 0.717) is 13.0 Å². The summed E-state index contributed by atoms with van der Waals surface area (Å²) in [6.45, 7) is 6.54. The molecule has 1 atom stereocenters. The fourth-order valence-electron chi connectivity index (χ4n) is 4.89. The first-order chi connectivity index (χ1) is 14.0. The molecule has 6 heteroatoms. The van der Waals surface area contributed by atoms with E-state index in [9.17, 15) is 9.59 Å². The molecule has 4 rings (SSSR count). The van der Waals surface area contributed by atoms with Gasteiger partial charge in [-0.05, 0) is 50.0 Å². The zero-order chi connectivity index (χ0) is 20.3. The Morgan fingerprint density at radius 3 is 2.66 bits per heavy atom. The van der Waals surface area contributed by atoms with E-state index in [2.05, 4.69) is 36.5 Å². The molecule has 3 saturated heterocycles. The third kappa shape index (κ3) is 4.92. The third-order valence-electron chi connectivity index (χ3n) is 6.87. The highest BCUT2D eigenvalue weighted by Gasteiger charge is 2.42. The van der Waals surface area contributed by atoms with Crippen LogP contribution in [0.4, 0.5) is 4.79 Å². The Bertz CT molecular complexity index is 719. The number of likely N-dealkylation sites (tertiary alicyclic amines) is 2. The molecule has 1 unspecified atom stereocenters. The number of carbonyl (C=O) groups is 2. The second kappa shape index (κ2) is 8.74. The van der Waals surface area contributed by atoms with E-state index in [0.717, 1.165) is 70.5 Å². The minimum absolute atomic E-state index is 0.0172. The number of amides is 3. The number of hydrogen-bond donors (Lipinski definition) is 1. The average molecular weight is 400 g/mol. The van der Waals surface area contributed by atoms with Gasteiger partial charge >= 0.3 is 6.03 Å². The van der Waals surface area contributed by atoms with Crippen molar-refractivity contribution in [2.45, 2.75) is 58.1 Å². The molecule has 1 aromatic carbocycles. The van der Waals surface area contributed by atoms with Crippen LogP contribution in [0.5, 0.6) is 0 Å². The van der Waals surface area contributed by atoms with Gasteiger partial charge in [-0.25, -0.2) is 4.79 Å². The van der Waals surface area contributed by atoms with E-state index in [1.54, 1.807) is 0 Å². The molecule has 158 valence electrons. The predicted octanol–water partition coefficient (Wildman–Crippen LogP) is 3.09. The van der Waals surface area contributed by atoms with Crippen LogP contribution in [0, 0.1) is 12.3 Å². The molecule has 0 aliphatic carbocycles. The zero-order valence-electron chi connectivity index (χ0n) is 17.5. The van der Waals surface area contributed by atoms with E-state index >= 15 is 0 Å². The summed E-state index contributed by atoms with van der Waals surface area (Å²) < 4.78 is 5.74. The predicted molar refractivity (Wildman–Crippen MR) is 111 cm³/mol. The van der Waals surface area contributed by atoms with Gasteiger partial charge in [0, 0.05) is 45.8 Å². The minimum Gasteiger partial charge on any atom is -0.376 e. The largest absolute Gasteiger partial charge is 0.376 e. The summed E-state index contributed by atoms with van der Waals surface area (Å²) in [6.07, 6.45) is 5.90. The molecule has 3 fully saturated rings. The molecular weight excluding hydrogens is 366 g/mol. The van der Waals surface area contributed by atoms with Crippen LogP contribution in [0.3, 0.4) is 0 Å². The highest BCUT2D eigenvalue weighted by molar-refractivity contribution is 5.77. The van der Waals surface area contributed by atoms with Crippen molar-refractivity contribution in [1.82, 2.24) is 15.1 Å². The molecule has 0 radical (unpaired) electrons. The maximum absolute atomic E-state index is 12.6. The van der Waals surface area contributed by atoms with Gasteiger partial charge in [0.15, 0.2) is 0 Å². The van der Waals surface area contributed by atoms with Crippen molar-refractivity contribution in [3.63, 3.8) is 0 Å². The molecule has 0 bridgehead atoms. The summed E-state index contributed by atoms with van der Waals surface area (Å²) >= 11 is 0. The Hall–Kier alpha value is -2.08. The van der Waals surface area contributed by atoms with Crippen molar-refractivity contribution >= 4 is 11.9 Å². The Morgan fingerprint density at radius 1 is 1.21 bits per heavy atom. The van der Waals surface area contributed by atoms with E-state index in [4.69, 9.17) is 4.74 Å². The molecule has 1 aromatic rings. The standard InChI is InChI=1S/C23H33N3O3/c1-18-4-6-19(7-5-18)15-24-22(28)25-12-10-23(11-13-25)9-8-21(27)26(17-23)16-20-3-2-14-29-20/h4-7,20H,2-3,8-17H2,1H3,(H,24,28). The normalized spacial score (nSPS) is 24.2. The topological polar surface area (TPSA) is 61.9 Å². The number of aryl methyl sites for hydroxylation is 1. The lowest BCUT2D eigenvalue weighted by atomic mass is 9.72. The number of rotatable bonds is 4. The average Bonchev–Trinajstić information content (AvgIpc) is 3.24. The van der Waals surface area contributed by atoms with E-state index < -0.39 is 0 Å². The van der Waals surface area contributed by atoms with Gasteiger partial charge in [0.25, 0.3) is 0 Å². The maximum atomic E-state index is 12.6. The SMILES string of the molecule is Cc1ccc(CNC(=O)N2CCC3(CCC(=O)N(CC4CCCO4)C3)CC2)cc1. The fourth-order valence-corrected chi connectivity index (χ4v) is 4.89. The number of urea groups is 1. The first-order valence-corrected chi connectivity index (χ1v) is 11.0. The van der Waals surface area contributed by atoms with Crippen molar-refractivity contribution in [1.29, 1.82) is 0 Å². The molecule has 3 aliphatic heterocycles. The highest BCUT2D eigenvalue weighted by Crippen LogP contribution is 2.40. The first kappa shape index (κ1) is 20.2. The Kier molecular flexibility index (Phi) is 6.09. The van der Waals surface area contributed by atoms with Gasteiger partial charge < -0.3 is 19.9 Å². The third-order valence-corrected chi connectivity index (χ3v) is 6.87. The summed E-state index contributed by atoms with van der Waals surface area (Å²) in [6, 6.07) is 8.27. The lowest BCUT2D eigenvalue weighted by molar-refractivity contribution is -0.140. The molecular formula is C23H33N3O3. The zero-order valence-corrected chi connectivity index (χ0v) is 17.5. The van der Waals surface area contributed by atoms with Crippen molar-refractivity contribution in [3.8, 4) is 0 Å². The van der Waals surface area contributed by atoms with Crippen LogP contribution in [0.2, 0.25) is 0 Å². The van der Waals surface area contributed by atoms with Crippen LogP contribution in [-0.4, -0.2) is 60.6 Å². The van der Waals surface area contributed by atoms with Gasteiger partial charge in [0.05, 0.1) is 6.10 Å². The monoisotopic (exact) mass is 399 g/mol. The lowest BCUT2D eigenvalue weighted by Gasteiger charge is -2.47. The molecule has 1 N–H and O–H groups in total. The summed E-state index contributed by atoms with van der Waals surface area (Å²) in [5.41, 5.74) is 2.51. The first-order valence-electron chi connectivity index (χ1n) is 11.0.